The minimum atomic E-state index is -0.683. The highest BCUT2D eigenvalue weighted by molar-refractivity contribution is 6.35. The number of anilines is 2. The van der Waals surface area contributed by atoms with Crippen LogP contribution in [0.25, 0.3) is 0 Å². The predicted octanol–water partition coefficient (Wildman–Crippen LogP) is 4.95. The van der Waals surface area contributed by atoms with Gasteiger partial charge in [-0.15, -0.1) is 6.58 Å². The zero-order valence-electron chi connectivity index (χ0n) is 16.7. The number of carbonyl (C=O) groups is 2. The molecule has 3 rings (SSSR count). The van der Waals surface area contributed by atoms with Crippen molar-refractivity contribution in [2.45, 2.75) is 13.8 Å². The van der Waals surface area contributed by atoms with Crippen LogP contribution in [0.2, 0.25) is 10.0 Å². The highest BCUT2D eigenvalue weighted by atomic mass is 35.5. The van der Waals surface area contributed by atoms with Crippen molar-refractivity contribution in [3.8, 4) is 11.5 Å². The van der Waals surface area contributed by atoms with Crippen LogP contribution < -0.4 is 19.7 Å². The molecule has 158 valence electrons. The minimum Gasteiger partial charge on any atom is -0.490 e. The van der Waals surface area contributed by atoms with Crippen LogP contribution in [0.3, 0.4) is 0 Å². The SMILES string of the molecule is C=CCN1C(=O)C(C)(C)COc2ccc(NC(=O)COc3ccc(Cl)cc3Cl)cc21. The number of fused-ring (bicyclic) bond motifs is 1. The molecule has 0 saturated heterocycles. The van der Waals surface area contributed by atoms with Gasteiger partial charge in [0.15, 0.2) is 6.61 Å². The zero-order valence-corrected chi connectivity index (χ0v) is 18.2. The summed E-state index contributed by atoms with van der Waals surface area (Å²) in [4.78, 5) is 26.9. The number of hydrogen-bond acceptors (Lipinski definition) is 4. The lowest BCUT2D eigenvalue weighted by Gasteiger charge is -2.27. The Labute approximate surface area is 185 Å². The Morgan fingerprint density at radius 3 is 2.77 bits per heavy atom. The second kappa shape index (κ2) is 8.98. The Balaban J connectivity index is 1.75. The minimum absolute atomic E-state index is 0.0784. The molecule has 1 heterocycles. The third kappa shape index (κ3) is 4.89. The van der Waals surface area contributed by atoms with E-state index in [1.54, 1.807) is 41.3 Å². The molecule has 0 aliphatic carbocycles. The smallest absolute Gasteiger partial charge is 0.262 e. The number of nitrogens with zero attached hydrogens (tertiary/aromatic N) is 1. The summed E-state index contributed by atoms with van der Waals surface area (Å²) in [5.41, 5.74) is 0.400. The van der Waals surface area contributed by atoms with Gasteiger partial charge in [-0.05, 0) is 50.2 Å². The summed E-state index contributed by atoms with van der Waals surface area (Å²) in [5, 5.41) is 3.56. The highest BCUT2D eigenvalue weighted by Crippen LogP contribution is 2.38. The van der Waals surface area contributed by atoms with Crippen LogP contribution in [0.15, 0.2) is 49.1 Å². The van der Waals surface area contributed by atoms with Crippen molar-refractivity contribution < 1.29 is 19.1 Å². The van der Waals surface area contributed by atoms with E-state index in [-0.39, 0.29) is 25.0 Å². The van der Waals surface area contributed by atoms with E-state index in [4.69, 9.17) is 32.7 Å². The maximum absolute atomic E-state index is 12.9. The lowest BCUT2D eigenvalue weighted by Crippen LogP contribution is -2.42. The molecule has 8 heteroatoms. The van der Waals surface area contributed by atoms with Gasteiger partial charge in [-0.1, -0.05) is 29.3 Å². The largest absolute Gasteiger partial charge is 0.490 e. The van der Waals surface area contributed by atoms with Gasteiger partial charge in [-0.2, -0.15) is 0 Å². The third-order valence-corrected chi connectivity index (χ3v) is 5.04. The Morgan fingerprint density at radius 1 is 1.30 bits per heavy atom. The summed E-state index contributed by atoms with van der Waals surface area (Å²) in [6.45, 7) is 7.75. The Kier molecular flexibility index (Phi) is 6.58. The van der Waals surface area contributed by atoms with Gasteiger partial charge in [0.25, 0.3) is 5.91 Å². The molecule has 0 saturated carbocycles. The van der Waals surface area contributed by atoms with E-state index in [1.807, 2.05) is 13.8 Å². The van der Waals surface area contributed by atoms with Crippen molar-refractivity contribution in [2.24, 2.45) is 5.41 Å². The summed E-state index contributed by atoms with van der Waals surface area (Å²) in [5.74, 6) is 0.470. The van der Waals surface area contributed by atoms with Crippen LogP contribution in [0.1, 0.15) is 13.8 Å². The van der Waals surface area contributed by atoms with Crippen molar-refractivity contribution in [1.29, 1.82) is 0 Å². The lowest BCUT2D eigenvalue weighted by atomic mass is 9.93. The fourth-order valence-electron chi connectivity index (χ4n) is 2.97. The molecule has 0 fully saturated rings. The van der Waals surface area contributed by atoms with E-state index < -0.39 is 5.41 Å². The first kappa shape index (κ1) is 22.0. The second-order valence-corrected chi connectivity index (χ2v) is 8.31. The fraction of sp³-hybridized carbons (Fsp3) is 0.273. The molecule has 2 aromatic carbocycles. The Bertz CT molecular complexity index is 991. The topological polar surface area (TPSA) is 67.9 Å². The number of nitrogens with one attached hydrogen (secondary N) is 1. The van der Waals surface area contributed by atoms with E-state index in [0.717, 1.165) is 0 Å². The van der Waals surface area contributed by atoms with E-state index in [9.17, 15) is 9.59 Å². The van der Waals surface area contributed by atoms with Gasteiger partial charge in [-0.25, -0.2) is 0 Å². The Morgan fingerprint density at radius 2 is 2.07 bits per heavy atom. The molecule has 30 heavy (non-hydrogen) atoms. The van der Waals surface area contributed by atoms with E-state index >= 15 is 0 Å². The first-order chi connectivity index (χ1) is 14.2. The van der Waals surface area contributed by atoms with Crippen LogP contribution >= 0.6 is 23.2 Å². The van der Waals surface area contributed by atoms with Crippen LogP contribution in [0, 0.1) is 5.41 Å². The van der Waals surface area contributed by atoms with Gasteiger partial charge in [0, 0.05) is 17.3 Å². The molecule has 0 unspecified atom stereocenters. The number of rotatable bonds is 6. The number of ether oxygens (including phenoxy) is 2. The average Bonchev–Trinajstić information content (AvgIpc) is 2.78. The molecular formula is C22H22Cl2N2O4. The van der Waals surface area contributed by atoms with Crippen LogP contribution in [0.5, 0.6) is 11.5 Å². The van der Waals surface area contributed by atoms with Crippen LogP contribution in [-0.4, -0.2) is 31.6 Å². The van der Waals surface area contributed by atoms with E-state index in [1.165, 1.54) is 6.07 Å². The zero-order chi connectivity index (χ0) is 21.9. The Hall–Kier alpha value is -2.70. The summed E-state index contributed by atoms with van der Waals surface area (Å²) >= 11 is 11.9. The van der Waals surface area contributed by atoms with Gasteiger partial charge in [0.05, 0.1) is 16.1 Å². The molecule has 1 aliphatic rings. The van der Waals surface area contributed by atoms with Gasteiger partial charge in [0.1, 0.15) is 18.1 Å². The molecule has 0 aromatic heterocycles. The summed E-state index contributed by atoms with van der Waals surface area (Å²) in [6, 6.07) is 9.90. The van der Waals surface area contributed by atoms with Crippen molar-refractivity contribution >= 4 is 46.4 Å². The normalized spacial score (nSPS) is 14.9. The first-order valence-electron chi connectivity index (χ1n) is 9.28. The van der Waals surface area contributed by atoms with Crippen LogP contribution in [0.4, 0.5) is 11.4 Å². The van der Waals surface area contributed by atoms with Gasteiger partial charge in [0.2, 0.25) is 5.91 Å². The number of halogens is 2. The molecule has 2 aromatic rings. The molecule has 0 radical (unpaired) electrons. The molecule has 1 aliphatic heterocycles. The summed E-state index contributed by atoms with van der Waals surface area (Å²) < 4.78 is 11.3. The molecular weight excluding hydrogens is 427 g/mol. The molecule has 1 N–H and O–H groups in total. The fourth-order valence-corrected chi connectivity index (χ4v) is 3.43. The predicted molar refractivity (Wildman–Crippen MR) is 119 cm³/mol. The van der Waals surface area contributed by atoms with Crippen molar-refractivity contribution in [3.05, 3.63) is 59.1 Å². The van der Waals surface area contributed by atoms with Crippen molar-refractivity contribution in [3.63, 3.8) is 0 Å². The van der Waals surface area contributed by atoms with Gasteiger partial charge < -0.3 is 19.7 Å². The number of carbonyl (C=O) groups excluding carboxylic acids is 2. The van der Waals surface area contributed by atoms with Crippen molar-refractivity contribution in [1.82, 2.24) is 0 Å². The molecule has 2 amide bonds. The van der Waals surface area contributed by atoms with Crippen molar-refractivity contribution in [2.75, 3.05) is 30.0 Å². The van der Waals surface area contributed by atoms with Crippen LogP contribution in [-0.2, 0) is 9.59 Å². The number of amides is 2. The monoisotopic (exact) mass is 448 g/mol. The molecule has 6 nitrogen and oxygen atoms in total. The second-order valence-electron chi connectivity index (χ2n) is 7.47. The summed E-state index contributed by atoms with van der Waals surface area (Å²) in [6.07, 6.45) is 1.65. The van der Waals surface area contributed by atoms with E-state index in [0.29, 0.717) is 39.5 Å². The van der Waals surface area contributed by atoms with Gasteiger partial charge in [-0.3, -0.25) is 9.59 Å². The molecule has 0 bridgehead atoms. The van der Waals surface area contributed by atoms with E-state index in [2.05, 4.69) is 11.9 Å². The molecule has 0 spiro atoms. The quantitative estimate of drug-likeness (QED) is 0.634. The average molecular weight is 449 g/mol. The number of hydrogen-bond donors (Lipinski definition) is 1. The third-order valence-electron chi connectivity index (χ3n) is 4.51. The first-order valence-corrected chi connectivity index (χ1v) is 10.0. The molecule has 0 atom stereocenters. The highest BCUT2D eigenvalue weighted by Gasteiger charge is 2.37. The lowest BCUT2D eigenvalue weighted by molar-refractivity contribution is -0.127. The maximum Gasteiger partial charge on any atom is 0.262 e. The van der Waals surface area contributed by atoms with Gasteiger partial charge >= 0.3 is 0 Å². The number of benzene rings is 2. The summed E-state index contributed by atoms with van der Waals surface area (Å²) in [7, 11) is 0. The maximum atomic E-state index is 12.9. The standard InChI is InChI=1S/C22H22Cl2N2O4/c1-4-9-26-17-11-15(6-8-19(17)30-13-22(2,3)21(26)28)25-20(27)12-29-18-7-5-14(23)10-16(18)24/h4-8,10-11H,1,9,12-13H2,2-3H3,(H,25,27).